The summed E-state index contributed by atoms with van der Waals surface area (Å²) in [5.74, 6) is 0.492. The minimum Gasteiger partial charge on any atom is -0.497 e. The SMILES string of the molecule is COc1ccc(N(CCCC(=O)Nc2ccc(Br)cc2)S(C)(=O)=O)cc1. The largest absolute Gasteiger partial charge is 0.497 e. The molecule has 1 amide bonds. The number of carbonyl (C=O) groups excluding carboxylic acids is 1. The van der Waals surface area contributed by atoms with E-state index in [1.165, 1.54) is 4.31 Å². The van der Waals surface area contributed by atoms with E-state index in [-0.39, 0.29) is 18.9 Å². The summed E-state index contributed by atoms with van der Waals surface area (Å²) in [6, 6.07) is 14.0. The number of ether oxygens (including phenoxy) is 1. The lowest BCUT2D eigenvalue weighted by Crippen LogP contribution is -2.31. The molecule has 140 valence electrons. The summed E-state index contributed by atoms with van der Waals surface area (Å²) in [6.45, 7) is 0.221. The van der Waals surface area contributed by atoms with Gasteiger partial charge in [0.1, 0.15) is 5.75 Å². The fraction of sp³-hybridized carbons (Fsp3) is 0.278. The summed E-state index contributed by atoms with van der Waals surface area (Å²) in [6.07, 6.45) is 1.78. The fourth-order valence-electron chi connectivity index (χ4n) is 2.37. The van der Waals surface area contributed by atoms with E-state index in [9.17, 15) is 13.2 Å². The predicted molar refractivity (Wildman–Crippen MR) is 107 cm³/mol. The van der Waals surface area contributed by atoms with Crippen molar-refractivity contribution in [1.29, 1.82) is 0 Å². The molecule has 1 N–H and O–H groups in total. The van der Waals surface area contributed by atoms with Crippen LogP contribution in [0.25, 0.3) is 0 Å². The number of anilines is 2. The Hall–Kier alpha value is -2.06. The molecule has 0 bridgehead atoms. The monoisotopic (exact) mass is 440 g/mol. The first-order chi connectivity index (χ1) is 12.3. The van der Waals surface area contributed by atoms with Crippen molar-refractivity contribution >= 4 is 43.2 Å². The highest BCUT2D eigenvalue weighted by molar-refractivity contribution is 9.10. The number of hydrogen-bond acceptors (Lipinski definition) is 4. The second-order valence-electron chi connectivity index (χ2n) is 5.69. The lowest BCUT2D eigenvalue weighted by molar-refractivity contribution is -0.116. The molecule has 0 fully saturated rings. The molecular formula is C18H21BrN2O4S. The number of rotatable bonds is 8. The van der Waals surface area contributed by atoms with Gasteiger partial charge in [0.05, 0.1) is 19.1 Å². The molecule has 0 saturated carbocycles. The Balaban J connectivity index is 1.94. The third-order valence-corrected chi connectivity index (χ3v) is 5.38. The van der Waals surface area contributed by atoms with Gasteiger partial charge in [0.25, 0.3) is 0 Å². The number of nitrogens with one attached hydrogen (secondary N) is 1. The van der Waals surface area contributed by atoms with Crippen LogP contribution in [0, 0.1) is 0 Å². The molecule has 26 heavy (non-hydrogen) atoms. The van der Waals surface area contributed by atoms with Gasteiger partial charge >= 0.3 is 0 Å². The quantitative estimate of drug-likeness (QED) is 0.679. The Kier molecular flexibility index (Phi) is 7.05. The van der Waals surface area contributed by atoms with Crippen molar-refractivity contribution in [2.75, 3.05) is 29.5 Å². The van der Waals surface area contributed by atoms with Crippen LogP contribution < -0.4 is 14.4 Å². The molecule has 2 rings (SSSR count). The average Bonchev–Trinajstić information content (AvgIpc) is 2.60. The molecule has 0 aliphatic rings. The first kappa shape index (κ1) is 20.3. The molecule has 0 saturated heterocycles. The Morgan fingerprint density at radius 2 is 1.73 bits per heavy atom. The molecular weight excluding hydrogens is 420 g/mol. The van der Waals surface area contributed by atoms with Crippen molar-refractivity contribution < 1.29 is 17.9 Å². The highest BCUT2D eigenvalue weighted by Crippen LogP contribution is 2.22. The summed E-state index contributed by atoms with van der Waals surface area (Å²) < 4.78 is 31.5. The third kappa shape index (κ3) is 6.03. The molecule has 0 atom stereocenters. The minimum atomic E-state index is -3.44. The third-order valence-electron chi connectivity index (χ3n) is 3.65. The van der Waals surface area contributed by atoms with E-state index in [0.717, 1.165) is 10.7 Å². The van der Waals surface area contributed by atoms with Crippen molar-refractivity contribution in [3.63, 3.8) is 0 Å². The van der Waals surface area contributed by atoms with Crippen molar-refractivity contribution in [2.24, 2.45) is 0 Å². The Labute approximate surface area is 162 Å². The zero-order valence-electron chi connectivity index (χ0n) is 14.6. The van der Waals surface area contributed by atoms with Crippen LogP contribution >= 0.6 is 15.9 Å². The van der Waals surface area contributed by atoms with Gasteiger partial charge in [-0.2, -0.15) is 0 Å². The van der Waals surface area contributed by atoms with E-state index in [4.69, 9.17) is 4.74 Å². The van der Waals surface area contributed by atoms with Gasteiger partial charge in [-0.15, -0.1) is 0 Å². The number of methoxy groups -OCH3 is 1. The topological polar surface area (TPSA) is 75.7 Å². The maximum absolute atomic E-state index is 12.1. The van der Waals surface area contributed by atoms with Crippen LogP contribution in [0.15, 0.2) is 53.0 Å². The number of carbonyl (C=O) groups is 1. The average molecular weight is 441 g/mol. The molecule has 0 radical (unpaired) electrons. The molecule has 0 unspecified atom stereocenters. The number of amides is 1. The van der Waals surface area contributed by atoms with Gasteiger partial charge in [-0.1, -0.05) is 15.9 Å². The Bertz CT molecular complexity index is 836. The van der Waals surface area contributed by atoms with E-state index in [1.807, 2.05) is 12.1 Å². The summed E-state index contributed by atoms with van der Waals surface area (Å²) in [5.41, 5.74) is 1.25. The van der Waals surface area contributed by atoms with Crippen LogP contribution in [0.1, 0.15) is 12.8 Å². The number of benzene rings is 2. The molecule has 0 aliphatic carbocycles. The number of halogens is 1. The van der Waals surface area contributed by atoms with Gasteiger partial charge in [-0.25, -0.2) is 8.42 Å². The normalized spacial score (nSPS) is 11.0. The van der Waals surface area contributed by atoms with Crippen LogP contribution in [-0.2, 0) is 14.8 Å². The Morgan fingerprint density at radius 1 is 1.12 bits per heavy atom. The van der Waals surface area contributed by atoms with Crippen molar-refractivity contribution in [3.8, 4) is 5.75 Å². The van der Waals surface area contributed by atoms with Crippen LogP contribution in [0.5, 0.6) is 5.75 Å². The van der Waals surface area contributed by atoms with E-state index >= 15 is 0 Å². The first-order valence-corrected chi connectivity index (χ1v) is 10.6. The molecule has 0 spiro atoms. The standard InChI is InChI=1S/C18H21BrN2O4S/c1-25-17-11-9-16(10-12-17)21(26(2,23)24)13-3-4-18(22)20-15-7-5-14(19)6-8-15/h5-12H,3-4,13H2,1-2H3,(H,20,22). The van der Waals surface area contributed by atoms with Gasteiger partial charge in [-0.3, -0.25) is 9.10 Å². The van der Waals surface area contributed by atoms with Crippen LogP contribution in [0.3, 0.4) is 0 Å². The highest BCUT2D eigenvalue weighted by atomic mass is 79.9. The smallest absolute Gasteiger partial charge is 0.232 e. The predicted octanol–water partition coefficient (Wildman–Crippen LogP) is 3.64. The van der Waals surface area contributed by atoms with E-state index in [1.54, 1.807) is 43.5 Å². The summed E-state index contributed by atoms with van der Waals surface area (Å²) >= 11 is 3.34. The maximum atomic E-state index is 12.1. The molecule has 8 heteroatoms. The van der Waals surface area contributed by atoms with Gasteiger partial charge in [0, 0.05) is 23.1 Å². The molecule has 6 nitrogen and oxygen atoms in total. The van der Waals surface area contributed by atoms with Crippen molar-refractivity contribution in [2.45, 2.75) is 12.8 Å². The maximum Gasteiger partial charge on any atom is 0.232 e. The number of sulfonamides is 1. The van der Waals surface area contributed by atoms with E-state index < -0.39 is 10.0 Å². The first-order valence-electron chi connectivity index (χ1n) is 7.97. The van der Waals surface area contributed by atoms with E-state index in [2.05, 4.69) is 21.2 Å². The summed E-state index contributed by atoms with van der Waals surface area (Å²) in [4.78, 5) is 12.0. The van der Waals surface area contributed by atoms with Crippen LogP contribution in [0.2, 0.25) is 0 Å². The second kappa shape index (κ2) is 9.05. The van der Waals surface area contributed by atoms with E-state index in [0.29, 0.717) is 23.5 Å². The van der Waals surface area contributed by atoms with Crippen molar-refractivity contribution in [3.05, 3.63) is 53.0 Å². The molecule has 0 heterocycles. The number of nitrogens with zero attached hydrogens (tertiary/aromatic N) is 1. The lowest BCUT2D eigenvalue weighted by Gasteiger charge is -2.22. The second-order valence-corrected chi connectivity index (χ2v) is 8.51. The minimum absolute atomic E-state index is 0.157. The van der Waals surface area contributed by atoms with Gasteiger partial charge in [0.2, 0.25) is 15.9 Å². The summed E-state index contributed by atoms with van der Waals surface area (Å²) in [7, 11) is -1.89. The zero-order chi connectivity index (χ0) is 19.2. The van der Waals surface area contributed by atoms with Crippen LogP contribution in [-0.4, -0.2) is 34.2 Å². The van der Waals surface area contributed by atoms with Gasteiger partial charge in [-0.05, 0) is 55.0 Å². The Morgan fingerprint density at radius 3 is 2.27 bits per heavy atom. The molecule has 2 aromatic rings. The van der Waals surface area contributed by atoms with Crippen LogP contribution in [0.4, 0.5) is 11.4 Å². The van der Waals surface area contributed by atoms with Gasteiger partial charge < -0.3 is 10.1 Å². The lowest BCUT2D eigenvalue weighted by atomic mass is 10.2. The van der Waals surface area contributed by atoms with Crippen molar-refractivity contribution in [1.82, 2.24) is 0 Å². The van der Waals surface area contributed by atoms with Gasteiger partial charge in [0.15, 0.2) is 0 Å². The fourth-order valence-corrected chi connectivity index (χ4v) is 3.60. The molecule has 2 aromatic carbocycles. The zero-order valence-corrected chi connectivity index (χ0v) is 17.0. The molecule has 0 aromatic heterocycles. The highest BCUT2D eigenvalue weighted by Gasteiger charge is 2.17. The summed E-state index contributed by atoms with van der Waals surface area (Å²) in [5, 5.41) is 2.79. The number of hydrogen-bond donors (Lipinski definition) is 1. The molecule has 0 aliphatic heterocycles.